The summed E-state index contributed by atoms with van der Waals surface area (Å²) in [5.74, 6) is -0.0225. The molecular weight excluding hydrogens is 458 g/mol. The first kappa shape index (κ1) is 26.5. The molecule has 36 heavy (non-hydrogen) atoms. The highest BCUT2D eigenvalue weighted by atomic mass is 16.5. The molecule has 190 valence electrons. The van der Waals surface area contributed by atoms with Gasteiger partial charge in [0.15, 0.2) is 11.9 Å². The Hall–Kier alpha value is -4.07. The van der Waals surface area contributed by atoms with Gasteiger partial charge in [0, 0.05) is 24.3 Å². The highest BCUT2D eigenvalue weighted by Crippen LogP contribution is 2.32. The third kappa shape index (κ3) is 7.21. The van der Waals surface area contributed by atoms with Crippen LogP contribution in [-0.2, 0) is 10.2 Å². The standard InChI is InChI=1S/C28H33N3O5/c1-18-8-13-23(22(17-18)28(3,4)5)36-19(2)25(32)31-21-11-9-20(10-12-21)26(33)29-14-15-30-27(34)24-7-6-16-35-24/h6-13,16-17,19H,14-15H2,1-5H3,(H,29,33)(H,30,34)(H,31,32). The fourth-order valence-corrected chi connectivity index (χ4v) is 3.47. The van der Waals surface area contributed by atoms with Gasteiger partial charge in [0.1, 0.15) is 5.75 Å². The third-order valence-electron chi connectivity index (χ3n) is 5.47. The molecule has 0 saturated carbocycles. The number of amides is 3. The van der Waals surface area contributed by atoms with E-state index in [1.807, 2.05) is 19.1 Å². The molecule has 2 aromatic carbocycles. The van der Waals surface area contributed by atoms with Crippen LogP contribution in [0.15, 0.2) is 65.3 Å². The van der Waals surface area contributed by atoms with Crippen LogP contribution in [0, 0.1) is 6.92 Å². The molecule has 3 N–H and O–H groups in total. The zero-order chi connectivity index (χ0) is 26.3. The highest BCUT2D eigenvalue weighted by molar-refractivity contribution is 5.97. The van der Waals surface area contributed by atoms with E-state index in [0.717, 1.165) is 11.1 Å². The molecule has 0 aliphatic rings. The predicted octanol–water partition coefficient (Wildman–Crippen LogP) is 4.45. The van der Waals surface area contributed by atoms with E-state index in [4.69, 9.17) is 9.15 Å². The van der Waals surface area contributed by atoms with E-state index >= 15 is 0 Å². The molecule has 8 nitrogen and oxygen atoms in total. The maximum absolute atomic E-state index is 12.7. The molecule has 3 aromatic rings. The number of carbonyl (C=O) groups is 3. The van der Waals surface area contributed by atoms with Gasteiger partial charge in [-0.05, 0) is 67.3 Å². The van der Waals surface area contributed by atoms with Crippen molar-refractivity contribution >= 4 is 23.4 Å². The summed E-state index contributed by atoms with van der Waals surface area (Å²) in [6.07, 6.45) is 0.705. The molecule has 0 aliphatic heterocycles. The summed E-state index contributed by atoms with van der Waals surface area (Å²) in [6.45, 7) is 10.6. The fourth-order valence-electron chi connectivity index (χ4n) is 3.47. The van der Waals surface area contributed by atoms with Gasteiger partial charge in [0.2, 0.25) is 0 Å². The van der Waals surface area contributed by atoms with Crippen LogP contribution in [0.25, 0.3) is 0 Å². The van der Waals surface area contributed by atoms with Crippen molar-refractivity contribution in [3.05, 3.63) is 83.3 Å². The topological polar surface area (TPSA) is 110 Å². The van der Waals surface area contributed by atoms with Crippen LogP contribution in [0.5, 0.6) is 5.75 Å². The molecule has 8 heteroatoms. The van der Waals surface area contributed by atoms with Crippen molar-refractivity contribution in [1.82, 2.24) is 10.6 Å². The number of aryl methyl sites for hydroxylation is 1. The van der Waals surface area contributed by atoms with Crippen LogP contribution in [0.4, 0.5) is 5.69 Å². The summed E-state index contributed by atoms with van der Waals surface area (Å²) in [7, 11) is 0. The van der Waals surface area contributed by atoms with Crippen molar-refractivity contribution < 1.29 is 23.5 Å². The van der Waals surface area contributed by atoms with Gasteiger partial charge in [-0.1, -0.05) is 38.5 Å². The monoisotopic (exact) mass is 491 g/mol. The van der Waals surface area contributed by atoms with E-state index in [1.54, 1.807) is 43.3 Å². The number of anilines is 1. The molecule has 1 atom stereocenters. The minimum Gasteiger partial charge on any atom is -0.481 e. The summed E-state index contributed by atoms with van der Waals surface area (Å²) in [5.41, 5.74) is 3.03. The SMILES string of the molecule is Cc1ccc(OC(C)C(=O)Nc2ccc(C(=O)NCCNC(=O)c3ccco3)cc2)c(C(C)(C)C)c1. The quantitative estimate of drug-likeness (QED) is 0.383. The molecule has 0 saturated heterocycles. The first-order valence-corrected chi connectivity index (χ1v) is 11.8. The Balaban J connectivity index is 1.49. The van der Waals surface area contributed by atoms with Crippen molar-refractivity contribution in [1.29, 1.82) is 0 Å². The van der Waals surface area contributed by atoms with E-state index in [2.05, 4.69) is 42.8 Å². The molecule has 1 heterocycles. The molecule has 0 bridgehead atoms. The lowest BCUT2D eigenvalue weighted by molar-refractivity contribution is -0.122. The van der Waals surface area contributed by atoms with E-state index in [-0.39, 0.29) is 42.0 Å². The maximum atomic E-state index is 12.7. The van der Waals surface area contributed by atoms with Gasteiger partial charge in [0.05, 0.1) is 6.26 Å². The number of carbonyl (C=O) groups excluding carboxylic acids is 3. The summed E-state index contributed by atoms with van der Waals surface area (Å²) in [5, 5.41) is 8.22. The average Bonchev–Trinajstić information content (AvgIpc) is 3.37. The van der Waals surface area contributed by atoms with Crippen LogP contribution >= 0.6 is 0 Å². The van der Waals surface area contributed by atoms with Gasteiger partial charge < -0.3 is 25.1 Å². The number of hydrogen-bond donors (Lipinski definition) is 3. The van der Waals surface area contributed by atoms with E-state index in [1.165, 1.54) is 6.26 Å². The predicted molar refractivity (Wildman–Crippen MR) is 138 cm³/mol. The minimum absolute atomic E-state index is 0.126. The Labute approximate surface area is 211 Å². The van der Waals surface area contributed by atoms with Crippen LogP contribution in [0.2, 0.25) is 0 Å². The van der Waals surface area contributed by atoms with E-state index in [9.17, 15) is 14.4 Å². The zero-order valence-electron chi connectivity index (χ0n) is 21.3. The number of hydrogen-bond acceptors (Lipinski definition) is 5. The summed E-state index contributed by atoms with van der Waals surface area (Å²) < 4.78 is 11.0. The molecule has 3 amide bonds. The van der Waals surface area contributed by atoms with Crippen molar-refractivity contribution in [3.8, 4) is 5.75 Å². The Morgan fingerprint density at radius 2 is 1.61 bits per heavy atom. The molecule has 1 aromatic heterocycles. The lowest BCUT2D eigenvalue weighted by atomic mass is 9.85. The summed E-state index contributed by atoms with van der Waals surface area (Å²) >= 11 is 0. The van der Waals surface area contributed by atoms with Crippen LogP contribution in [0.1, 0.15) is 59.7 Å². The van der Waals surface area contributed by atoms with Gasteiger partial charge in [0.25, 0.3) is 17.7 Å². The Bertz CT molecular complexity index is 1190. The van der Waals surface area contributed by atoms with E-state index in [0.29, 0.717) is 17.0 Å². The number of rotatable bonds is 9. The van der Waals surface area contributed by atoms with Crippen molar-refractivity contribution in [2.24, 2.45) is 0 Å². The Kier molecular flexibility index (Phi) is 8.53. The van der Waals surface area contributed by atoms with Gasteiger partial charge in [-0.15, -0.1) is 0 Å². The van der Waals surface area contributed by atoms with Crippen molar-refractivity contribution in [2.45, 2.75) is 46.1 Å². The fraction of sp³-hybridized carbons (Fsp3) is 0.321. The lowest BCUT2D eigenvalue weighted by Crippen LogP contribution is -2.34. The number of nitrogens with one attached hydrogen (secondary N) is 3. The van der Waals surface area contributed by atoms with Gasteiger partial charge >= 0.3 is 0 Å². The first-order valence-electron chi connectivity index (χ1n) is 11.8. The van der Waals surface area contributed by atoms with Gasteiger partial charge in [-0.3, -0.25) is 14.4 Å². The van der Waals surface area contributed by atoms with Crippen LogP contribution in [-0.4, -0.2) is 36.9 Å². The van der Waals surface area contributed by atoms with Crippen LogP contribution < -0.4 is 20.7 Å². The Morgan fingerprint density at radius 3 is 2.22 bits per heavy atom. The second kappa shape index (κ2) is 11.6. The largest absolute Gasteiger partial charge is 0.481 e. The highest BCUT2D eigenvalue weighted by Gasteiger charge is 2.22. The van der Waals surface area contributed by atoms with Crippen LogP contribution in [0.3, 0.4) is 0 Å². The second-order valence-electron chi connectivity index (χ2n) is 9.57. The number of ether oxygens (including phenoxy) is 1. The maximum Gasteiger partial charge on any atom is 0.287 e. The van der Waals surface area contributed by atoms with Gasteiger partial charge in [-0.25, -0.2) is 0 Å². The Morgan fingerprint density at radius 1 is 0.944 bits per heavy atom. The molecule has 1 unspecified atom stereocenters. The molecule has 3 rings (SSSR count). The second-order valence-corrected chi connectivity index (χ2v) is 9.57. The number of furan rings is 1. The zero-order valence-corrected chi connectivity index (χ0v) is 21.3. The minimum atomic E-state index is -0.715. The van der Waals surface area contributed by atoms with Crippen molar-refractivity contribution in [3.63, 3.8) is 0 Å². The normalized spacial score (nSPS) is 11.9. The summed E-state index contributed by atoms with van der Waals surface area (Å²) in [4.78, 5) is 36.9. The molecule has 0 spiro atoms. The van der Waals surface area contributed by atoms with E-state index < -0.39 is 6.10 Å². The lowest BCUT2D eigenvalue weighted by Gasteiger charge is -2.25. The number of benzene rings is 2. The third-order valence-corrected chi connectivity index (χ3v) is 5.47. The molecule has 0 radical (unpaired) electrons. The molecular formula is C28H33N3O5. The smallest absolute Gasteiger partial charge is 0.287 e. The molecule has 0 fully saturated rings. The first-order chi connectivity index (χ1) is 17.0. The molecule has 0 aliphatic carbocycles. The van der Waals surface area contributed by atoms with Crippen molar-refractivity contribution in [2.75, 3.05) is 18.4 Å². The average molecular weight is 492 g/mol. The summed E-state index contributed by atoms with van der Waals surface area (Å²) in [6, 6.07) is 15.7. The van der Waals surface area contributed by atoms with Gasteiger partial charge in [-0.2, -0.15) is 0 Å².